The predicted octanol–water partition coefficient (Wildman–Crippen LogP) is 3.31. The molecule has 3 aliphatic rings. The van der Waals surface area contributed by atoms with E-state index in [0.29, 0.717) is 12.5 Å². The molecule has 1 aromatic rings. The molecule has 3 fully saturated rings. The number of halogens is 6. The lowest BCUT2D eigenvalue weighted by Crippen LogP contribution is -2.38. The summed E-state index contributed by atoms with van der Waals surface area (Å²) < 4.78 is 43.3. The predicted molar refractivity (Wildman–Crippen MR) is 111 cm³/mol. The fraction of sp³-hybridized carbons (Fsp3) is 0.500. The van der Waals surface area contributed by atoms with Gasteiger partial charge in [-0.25, -0.2) is 0 Å². The van der Waals surface area contributed by atoms with Crippen LogP contribution in [0.1, 0.15) is 12.0 Å². The van der Waals surface area contributed by atoms with Gasteiger partial charge in [0.05, 0.1) is 38.9 Å². The summed E-state index contributed by atoms with van der Waals surface area (Å²) in [6, 6.07) is 2.37. The maximum atomic E-state index is 12.8. The van der Waals surface area contributed by atoms with Gasteiger partial charge in [0.1, 0.15) is 6.54 Å². The molecule has 0 spiro atoms. The van der Waals surface area contributed by atoms with Gasteiger partial charge in [-0.3, -0.25) is 24.1 Å². The molecule has 0 radical (unpaired) electrons. The topological polar surface area (TPSA) is 92.8 Å². The molecule has 13 heteroatoms. The highest BCUT2D eigenvalue weighted by atomic mass is 35.5. The van der Waals surface area contributed by atoms with E-state index in [-0.39, 0.29) is 22.5 Å². The zero-order valence-electron chi connectivity index (χ0n) is 16.6. The van der Waals surface area contributed by atoms with E-state index in [4.69, 9.17) is 39.5 Å². The Morgan fingerprint density at radius 2 is 1.67 bits per heavy atom. The van der Waals surface area contributed by atoms with Crippen molar-refractivity contribution in [3.05, 3.63) is 28.8 Å². The average molecular weight is 528 g/mol. The quantitative estimate of drug-likeness (QED) is 0.360. The number of alkyl halides is 5. The standard InChI is InChI=1S/C20H16Cl3F3N2O5/c21-10-2-1-7(20(24,25)26)3-11(10)27-12(29)6-33-13(30)5-28-18(31)14-8-4-9(15(14)19(28)32)17(23)16(8)22/h1-3,8-9,14-17H,4-6H2,(H,27,29)/t8-,9-,14-,15+,16+,17+/m1/s1. The number of esters is 1. The van der Waals surface area contributed by atoms with Crippen LogP contribution in [0.3, 0.4) is 0 Å². The van der Waals surface area contributed by atoms with E-state index in [1.165, 1.54) is 0 Å². The molecule has 0 unspecified atom stereocenters. The fourth-order valence-corrected chi connectivity index (χ4v) is 5.93. The van der Waals surface area contributed by atoms with Gasteiger partial charge in [-0.2, -0.15) is 13.2 Å². The second-order valence-corrected chi connectivity index (χ2v) is 9.58. The Hall–Kier alpha value is -2.04. The number of anilines is 1. The Morgan fingerprint density at radius 1 is 1.09 bits per heavy atom. The summed E-state index contributed by atoms with van der Waals surface area (Å²) in [4.78, 5) is 50.4. The van der Waals surface area contributed by atoms with E-state index in [1.54, 1.807) is 0 Å². The first kappa shape index (κ1) is 24.1. The maximum absolute atomic E-state index is 12.8. The number of carbonyl (C=O) groups excluding carboxylic acids is 4. The number of ether oxygens (including phenoxy) is 1. The monoisotopic (exact) mass is 526 g/mol. The molecule has 1 heterocycles. The molecule has 2 bridgehead atoms. The van der Waals surface area contributed by atoms with Crippen LogP contribution >= 0.6 is 34.8 Å². The molecular formula is C20H16Cl3F3N2O5. The third-order valence-electron chi connectivity index (χ3n) is 6.30. The van der Waals surface area contributed by atoms with Crippen LogP contribution in [-0.4, -0.2) is 52.5 Å². The van der Waals surface area contributed by atoms with Crippen LogP contribution < -0.4 is 5.32 Å². The normalized spacial score (nSPS) is 30.5. The van der Waals surface area contributed by atoms with Crippen molar-refractivity contribution in [1.82, 2.24) is 4.90 Å². The summed E-state index contributed by atoms with van der Waals surface area (Å²) in [6.45, 7) is -1.55. The van der Waals surface area contributed by atoms with Crippen molar-refractivity contribution in [2.75, 3.05) is 18.5 Å². The lowest BCUT2D eigenvalue weighted by Gasteiger charge is -2.28. The number of amides is 3. The van der Waals surface area contributed by atoms with Crippen molar-refractivity contribution in [2.45, 2.75) is 23.4 Å². The smallest absolute Gasteiger partial charge is 0.416 e. The molecule has 33 heavy (non-hydrogen) atoms. The minimum absolute atomic E-state index is 0.146. The van der Waals surface area contributed by atoms with Crippen LogP contribution in [0.4, 0.5) is 18.9 Å². The van der Waals surface area contributed by atoms with Gasteiger partial charge in [-0.05, 0) is 36.5 Å². The van der Waals surface area contributed by atoms with Crippen LogP contribution in [0.5, 0.6) is 0 Å². The number of likely N-dealkylation sites (tertiary alicyclic amines) is 1. The molecule has 7 nitrogen and oxygen atoms in total. The molecular weight excluding hydrogens is 512 g/mol. The molecule has 2 aliphatic carbocycles. The molecule has 1 N–H and O–H groups in total. The third-order valence-corrected chi connectivity index (χ3v) is 7.95. The molecule has 1 aliphatic heterocycles. The van der Waals surface area contributed by atoms with Crippen LogP contribution in [0.15, 0.2) is 18.2 Å². The lowest BCUT2D eigenvalue weighted by molar-refractivity contribution is -0.154. The van der Waals surface area contributed by atoms with Gasteiger partial charge in [0.15, 0.2) is 6.61 Å². The summed E-state index contributed by atoms with van der Waals surface area (Å²) in [5.41, 5.74) is -1.34. The van der Waals surface area contributed by atoms with Crippen LogP contribution in [0.25, 0.3) is 0 Å². The van der Waals surface area contributed by atoms with Crippen molar-refractivity contribution in [3.8, 4) is 0 Å². The summed E-state index contributed by atoms with van der Waals surface area (Å²) in [7, 11) is 0. The first-order valence-electron chi connectivity index (χ1n) is 9.85. The van der Waals surface area contributed by atoms with Crippen molar-refractivity contribution < 1.29 is 37.1 Å². The highest BCUT2D eigenvalue weighted by Crippen LogP contribution is 2.59. The van der Waals surface area contributed by atoms with Gasteiger partial charge in [-0.1, -0.05) is 11.6 Å². The molecule has 178 valence electrons. The van der Waals surface area contributed by atoms with Crippen molar-refractivity contribution in [3.63, 3.8) is 0 Å². The summed E-state index contributed by atoms with van der Waals surface area (Å²) in [5, 5.41) is 1.11. The number of imide groups is 1. The highest BCUT2D eigenvalue weighted by molar-refractivity contribution is 6.33. The van der Waals surface area contributed by atoms with E-state index in [1.807, 2.05) is 0 Å². The molecule has 3 amide bonds. The molecule has 1 saturated heterocycles. The first-order valence-corrected chi connectivity index (χ1v) is 11.1. The van der Waals surface area contributed by atoms with E-state index in [0.717, 1.165) is 17.0 Å². The zero-order chi connectivity index (χ0) is 24.2. The zero-order valence-corrected chi connectivity index (χ0v) is 18.8. The van der Waals surface area contributed by atoms with E-state index < -0.39 is 71.2 Å². The Labute approximate surface area is 200 Å². The second kappa shape index (κ2) is 8.63. The third kappa shape index (κ3) is 4.28. The fourth-order valence-electron chi connectivity index (χ4n) is 4.87. The number of carbonyl (C=O) groups is 4. The summed E-state index contributed by atoms with van der Waals surface area (Å²) in [6.07, 6.45) is -4.07. The van der Waals surface area contributed by atoms with E-state index in [9.17, 15) is 32.3 Å². The number of hydrogen-bond donors (Lipinski definition) is 1. The molecule has 1 aromatic carbocycles. The van der Waals surface area contributed by atoms with Gasteiger partial charge in [0.2, 0.25) is 11.8 Å². The summed E-state index contributed by atoms with van der Waals surface area (Å²) in [5.74, 6) is -4.77. The number of hydrogen-bond acceptors (Lipinski definition) is 5. The SMILES string of the molecule is O=C(COC(=O)CN1C(=O)[C@@H]2[C@H]3C[C@@H]([C@H](Cl)[C@H]3Cl)[C@@H]2C1=O)Nc1cc(C(F)(F)F)ccc1Cl. The second-order valence-electron chi connectivity index (χ2n) is 8.17. The average Bonchev–Trinajstić information content (AvgIpc) is 3.34. The van der Waals surface area contributed by atoms with Crippen LogP contribution in [-0.2, 0) is 30.1 Å². The van der Waals surface area contributed by atoms with E-state index in [2.05, 4.69) is 5.32 Å². The molecule has 0 aromatic heterocycles. The van der Waals surface area contributed by atoms with Crippen molar-refractivity contribution in [1.29, 1.82) is 0 Å². The Bertz CT molecular complexity index is 1000. The van der Waals surface area contributed by atoms with Gasteiger partial charge >= 0.3 is 12.1 Å². The number of nitrogens with one attached hydrogen (secondary N) is 1. The largest absolute Gasteiger partial charge is 0.454 e. The number of nitrogens with zero attached hydrogens (tertiary/aromatic N) is 1. The number of rotatable bonds is 5. The van der Waals surface area contributed by atoms with Gasteiger partial charge < -0.3 is 10.1 Å². The number of benzene rings is 1. The minimum atomic E-state index is -4.64. The van der Waals surface area contributed by atoms with Crippen LogP contribution in [0, 0.1) is 23.7 Å². The van der Waals surface area contributed by atoms with Crippen LogP contribution in [0.2, 0.25) is 5.02 Å². The Balaban J connectivity index is 1.33. The van der Waals surface area contributed by atoms with Gasteiger partial charge in [0, 0.05) is 0 Å². The molecule has 6 atom stereocenters. The van der Waals surface area contributed by atoms with Crippen molar-refractivity contribution >= 4 is 64.2 Å². The molecule has 2 saturated carbocycles. The van der Waals surface area contributed by atoms with Gasteiger partial charge in [-0.15, -0.1) is 23.2 Å². The lowest BCUT2D eigenvalue weighted by atomic mass is 9.80. The van der Waals surface area contributed by atoms with E-state index >= 15 is 0 Å². The van der Waals surface area contributed by atoms with Gasteiger partial charge in [0.25, 0.3) is 5.91 Å². The Kier molecular flexibility index (Phi) is 6.30. The first-order chi connectivity index (χ1) is 15.4. The summed E-state index contributed by atoms with van der Waals surface area (Å²) >= 11 is 18.3. The molecule has 4 rings (SSSR count). The maximum Gasteiger partial charge on any atom is 0.416 e. The Morgan fingerprint density at radius 3 is 2.21 bits per heavy atom. The minimum Gasteiger partial charge on any atom is -0.454 e. The highest BCUT2D eigenvalue weighted by Gasteiger charge is 2.66. The van der Waals surface area contributed by atoms with Crippen molar-refractivity contribution in [2.24, 2.45) is 23.7 Å². The number of fused-ring (bicyclic) bond motifs is 5.